The molecule has 0 saturated carbocycles. The van der Waals surface area contributed by atoms with Gasteiger partial charge in [0.15, 0.2) is 28.8 Å². The van der Waals surface area contributed by atoms with Gasteiger partial charge in [-0.1, -0.05) is 0 Å². The fraction of sp³-hybridized carbons (Fsp3) is 0.0714. The van der Waals surface area contributed by atoms with E-state index in [1.807, 2.05) is 0 Å². The first-order chi connectivity index (χ1) is 10.6. The molecule has 122 valence electrons. The highest BCUT2D eigenvalue weighted by Crippen LogP contribution is 2.48. The summed E-state index contributed by atoms with van der Waals surface area (Å²) in [4.78, 5) is 12.9. The molecule has 2 aromatic rings. The van der Waals surface area contributed by atoms with Crippen molar-refractivity contribution in [3.05, 3.63) is 40.6 Å². The van der Waals surface area contributed by atoms with Crippen molar-refractivity contribution in [2.75, 3.05) is 0 Å². The number of benzene rings is 2. The minimum Gasteiger partial charge on any atom is -0.504 e. The minimum absolute atomic E-state index is 0.00170. The summed E-state index contributed by atoms with van der Waals surface area (Å²) in [5, 5.41) is 39.1. The molecule has 0 atom stereocenters. The van der Waals surface area contributed by atoms with Crippen molar-refractivity contribution in [2.24, 2.45) is 0 Å². The molecule has 23 heavy (non-hydrogen) atoms. The van der Waals surface area contributed by atoms with Gasteiger partial charge in [-0.3, -0.25) is 4.79 Å². The fourth-order valence-corrected chi connectivity index (χ4v) is 4.13. The summed E-state index contributed by atoms with van der Waals surface area (Å²) in [6.45, 7) is 1.59. The van der Waals surface area contributed by atoms with Gasteiger partial charge < -0.3 is 20.4 Å². The molecule has 0 aliphatic heterocycles. The maximum Gasteiger partial charge on any atom is 0.195 e. The molecular formula is C14H8Br4O5. The Balaban J connectivity index is 2.78. The minimum atomic E-state index is -0.534. The molecule has 2 aromatic carbocycles. The van der Waals surface area contributed by atoms with E-state index in [9.17, 15) is 25.2 Å². The summed E-state index contributed by atoms with van der Waals surface area (Å²) in [5.41, 5.74) is 0.575. The van der Waals surface area contributed by atoms with Gasteiger partial charge in [0.2, 0.25) is 0 Å². The second kappa shape index (κ2) is 6.62. The lowest BCUT2D eigenvalue weighted by atomic mass is 9.98. The summed E-state index contributed by atoms with van der Waals surface area (Å²) < 4.78 is 0.530. The monoisotopic (exact) mass is 572 g/mol. The average Bonchev–Trinajstić information content (AvgIpc) is 2.52. The Labute approximate surface area is 164 Å². The number of halogens is 4. The molecule has 0 aromatic heterocycles. The van der Waals surface area contributed by atoms with Crippen LogP contribution in [-0.2, 0) is 0 Å². The molecule has 0 amide bonds. The summed E-state index contributed by atoms with van der Waals surface area (Å²) in [5.74, 6) is -2.28. The van der Waals surface area contributed by atoms with Crippen LogP contribution >= 0.6 is 63.7 Å². The van der Waals surface area contributed by atoms with Crippen LogP contribution in [0.15, 0.2) is 24.0 Å². The van der Waals surface area contributed by atoms with E-state index >= 15 is 0 Å². The Morgan fingerprint density at radius 2 is 1.35 bits per heavy atom. The summed E-state index contributed by atoms with van der Waals surface area (Å²) in [7, 11) is 0. The van der Waals surface area contributed by atoms with E-state index in [-0.39, 0.29) is 34.8 Å². The number of rotatable bonds is 2. The number of carbonyl (C=O) groups excluding carboxylic acids is 1. The molecule has 0 fully saturated rings. The number of hydrogen-bond acceptors (Lipinski definition) is 5. The molecule has 0 radical (unpaired) electrons. The zero-order chi connectivity index (χ0) is 17.6. The van der Waals surface area contributed by atoms with Crippen molar-refractivity contribution in [1.82, 2.24) is 0 Å². The molecule has 9 heteroatoms. The topological polar surface area (TPSA) is 98.0 Å². The first kappa shape index (κ1) is 18.6. The Hall–Kier alpha value is -0.770. The van der Waals surface area contributed by atoms with Gasteiger partial charge in [0.05, 0.1) is 19.0 Å². The van der Waals surface area contributed by atoms with E-state index in [0.717, 1.165) is 6.07 Å². The third kappa shape index (κ3) is 2.99. The normalized spacial score (nSPS) is 10.8. The van der Waals surface area contributed by atoms with Gasteiger partial charge >= 0.3 is 0 Å². The maximum atomic E-state index is 12.9. The molecule has 0 saturated heterocycles. The SMILES string of the molecule is Cc1c(C(=O)c2c(Br)c(O)c(O)c(Br)c2Br)cc(O)c(O)c1Br. The van der Waals surface area contributed by atoms with Crippen LogP contribution in [0.2, 0.25) is 0 Å². The number of phenolic OH excluding ortho intramolecular Hbond substituents is 4. The van der Waals surface area contributed by atoms with Crippen molar-refractivity contribution in [3.8, 4) is 23.0 Å². The van der Waals surface area contributed by atoms with Crippen molar-refractivity contribution in [1.29, 1.82) is 0 Å². The number of ketones is 1. The van der Waals surface area contributed by atoms with Crippen LogP contribution in [0.3, 0.4) is 0 Å². The molecule has 0 heterocycles. The van der Waals surface area contributed by atoms with Crippen LogP contribution in [0, 0.1) is 6.92 Å². The number of hydrogen-bond donors (Lipinski definition) is 4. The fourth-order valence-electron chi connectivity index (χ4n) is 1.93. The molecule has 0 unspecified atom stereocenters. The van der Waals surface area contributed by atoms with Gasteiger partial charge in [-0.25, -0.2) is 0 Å². The van der Waals surface area contributed by atoms with Crippen molar-refractivity contribution in [3.63, 3.8) is 0 Å². The number of carbonyl (C=O) groups is 1. The van der Waals surface area contributed by atoms with Gasteiger partial charge in [-0.05, 0) is 82.3 Å². The highest BCUT2D eigenvalue weighted by Gasteiger charge is 2.27. The second-order valence-electron chi connectivity index (χ2n) is 4.57. The molecular weight excluding hydrogens is 568 g/mol. The Bertz CT molecular complexity index is 819. The predicted octanol–water partition coefficient (Wildman–Crippen LogP) is 5.10. The Kier molecular flexibility index (Phi) is 5.34. The van der Waals surface area contributed by atoms with Crippen LogP contribution in [-0.4, -0.2) is 26.2 Å². The number of aromatic hydroxyl groups is 4. The van der Waals surface area contributed by atoms with Crippen LogP contribution in [0.5, 0.6) is 23.0 Å². The highest BCUT2D eigenvalue weighted by atomic mass is 79.9. The molecule has 0 bridgehead atoms. The smallest absolute Gasteiger partial charge is 0.195 e. The number of phenols is 4. The lowest BCUT2D eigenvalue weighted by Crippen LogP contribution is -2.07. The first-order valence-electron chi connectivity index (χ1n) is 5.93. The van der Waals surface area contributed by atoms with E-state index in [1.165, 1.54) is 0 Å². The Morgan fingerprint density at radius 3 is 1.91 bits per heavy atom. The van der Waals surface area contributed by atoms with Crippen LogP contribution in [0.4, 0.5) is 0 Å². The molecule has 2 rings (SSSR count). The zero-order valence-electron chi connectivity index (χ0n) is 11.3. The third-order valence-corrected chi connectivity index (χ3v) is 7.05. The average molecular weight is 576 g/mol. The quantitative estimate of drug-likeness (QED) is 0.227. The largest absolute Gasteiger partial charge is 0.504 e. The Morgan fingerprint density at radius 1 is 0.826 bits per heavy atom. The van der Waals surface area contributed by atoms with Gasteiger partial charge in [0, 0.05) is 10.0 Å². The van der Waals surface area contributed by atoms with Gasteiger partial charge in [-0.15, -0.1) is 0 Å². The highest BCUT2D eigenvalue weighted by molar-refractivity contribution is 9.13. The lowest BCUT2D eigenvalue weighted by Gasteiger charge is -2.15. The van der Waals surface area contributed by atoms with Crippen LogP contribution in [0.1, 0.15) is 21.5 Å². The molecule has 0 aliphatic rings. The van der Waals surface area contributed by atoms with E-state index in [0.29, 0.717) is 5.56 Å². The first-order valence-corrected chi connectivity index (χ1v) is 9.10. The van der Waals surface area contributed by atoms with Crippen LogP contribution in [0.25, 0.3) is 0 Å². The van der Waals surface area contributed by atoms with Crippen molar-refractivity contribution < 1.29 is 25.2 Å². The summed E-state index contributed by atoms with van der Waals surface area (Å²) in [6, 6.07) is 1.13. The van der Waals surface area contributed by atoms with E-state index < -0.39 is 23.0 Å². The molecule has 4 N–H and O–H groups in total. The molecule has 5 nitrogen and oxygen atoms in total. The standard InChI is InChI=1S/C14H8Br4O5/c1-3-4(2-5(19)12(21)7(3)15)11(20)6-8(16)10(18)14(23)13(22)9(6)17/h2,19,21-23H,1H3. The van der Waals surface area contributed by atoms with Gasteiger partial charge in [0.25, 0.3) is 0 Å². The van der Waals surface area contributed by atoms with Gasteiger partial charge in [-0.2, -0.15) is 0 Å². The third-order valence-electron chi connectivity index (χ3n) is 3.21. The van der Waals surface area contributed by atoms with Crippen molar-refractivity contribution >= 4 is 69.5 Å². The maximum absolute atomic E-state index is 12.9. The lowest BCUT2D eigenvalue weighted by molar-refractivity contribution is 0.103. The molecule has 0 spiro atoms. The van der Waals surface area contributed by atoms with E-state index in [1.54, 1.807) is 6.92 Å². The van der Waals surface area contributed by atoms with E-state index in [2.05, 4.69) is 63.7 Å². The van der Waals surface area contributed by atoms with Crippen molar-refractivity contribution in [2.45, 2.75) is 6.92 Å². The predicted molar refractivity (Wildman–Crippen MR) is 98.5 cm³/mol. The summed E-state index contributed by atoms with van der Waals surface area (Å²) in [6.07, 6.45) is 0. The van der Waals surface area contributed by atoms with Crippen LogP contribution < -0.4 is 0 Å². The summed E-state index contributed by atoms with van der Waals surface area (Å²) >= 11 is 12.5. The van der Waals surface area contributed by atoms with E-state index in [4.69, 9.17) is 0 Å². The zero-order valence-corrected chi connectivity index (χ0v) is 17.6. The van der Waals surface area contributed by atoms with Gasteiger partial charge in [0.1, 0.15) is 0 Å². The molecule has 0 aliphatic carbocycles. The second-order valence-corrected chi connectivity index (χ2v) is 7.75.